The minimum atomic E-state index is -0.861. The predicted octanol–water partition coefficient (Wildman–Crippen LogP) is 2.70. The number of carbonyl (C=O) groups excluding carboxylic acids is 2. The van der Waals surface area contributed by atoms with Gasteiger partial charge in [-0.3, -0.25) is 9.59 Å². The summed E-state index contributed by atoms with van der Waals surface area (Å²) in [6, 6.07) is 9.18. The normalized spacial score (nSPS) is 17.3. The molecule has 1 fully saturated rings. The summed E-state index contributed by atoms with van der Waals surface area (Å²) in [5.74, 6) is -0.110. The van der Waals surface area contributed by atoms with E-state index in [9.17, 15) is 14.7 Å². The maximum Gasteiger partial charge on any atom is 0.295 e. The molecule has 3 rings (SSSR count). The number of rotatable bonds is 9. The van der Waals surface area contributed by atoms with Crippen molar-refractivity contribution in [3.8, 4) is 23.0 Å². The van der Waals surface area contributed by atoms with Gasteiger partial charge in [0.25, 0.3) is 11.7 Å². The number of amides is 1. The number of methoxy groups -OCH3 is 4. The minimum absolute atomic E-state index is 0.0220. The van der Waals surface area contributed by atoms with Crippen molar-refractivity contribution in [3.63, 3.8) is 0 Å². The highest BCUT2D eigenvalue weighted by Gasteiger charge is 2.46. The molecule has 1 aliphatic rings. The molecule has 1 aliphatic heterocycles. The molecule has 2 aromatic rings. The molecular formula is C25H30N2O7. The Morgan fingerprint density at radius 3 is 2.15 bits per heavy atom. The molecule has 9 heteroatoms. The Bertz CT molecular complexity index is 1090. The van der Waals surface area contributed by atoms with Gasteiger partial charge in [0.2, 0.25) is 5.75 Å². The second kappa shape index (κ2) is 10.5. The molecule has 182 valence electrons. The molecule has 0 aromatic heterocycles. The summed E-state index contributed by atoms with van der Waals surface area (Å²) in [5, 5.41) is 11.2. The second-order valence-electron chi connectivity index (χ2n) is 7.99. The van der Waals surface area contributed by atoms with Gasteiger partial charge in [-0.25, -0.2) is 0 Å². The van der Waals surface area contributed by atoms with E-state index in [0.29, 0.717) is 40.7 Å². The average molecular weight is 471 g/mol. The molecule has 1 saturated heterocycles. The van der Waals surface area contributed by atoms with Crippen molar-refractivity contribution in [2.45, 2.75) is 6.04 Å². The zero-order chi connectivity index (χ0) is 25.0. The minimum Gasteiger partial charge on any atom is -0.507 e. The smallest absolute Gasteiger partial charge is 0.295 e. The molecular weight excluding hydrogens is 440 g/mol. The zero-order valence-electron chi connectivity index (χ0n) is 20.2. The summed E-state index contributed by atoms with van der Waals surface area (Å²) < 4.78 is 21.6. The number of ether oxygens (including phenoxy) is 4. The molecule has 1 N–H and O–H groups in total. The number of carbonyl (C=O) groups is 2. The summed E-state index contributed by atoms with van der Waals surface area (Å²) in [7, 11) is 9.73. The van der Waals surface area contributed by atoms with Crippen molar-refractivity contribution in [2.24, 2.45) is 0 Å². The first-order valence-corrected chi connectivity index (χ1v) is 10.6. The zero-order valence-corrected chi connectivity index (χ0v) is 20.2. The summed E-state index contributed by atoms with van der Waals surface area (Å²) in [6.07, 6.45) is 0. The predicted molar refractivity (Wildman–Crippen MR) is 127 cm³/mol. The number of nitrogens with zero attached hydrogens (tertiary/aromatic N) is 2. The van der Waals surface area contributed by atoms with E-state index in [1.54, 1.807) is 36.4 Å². The van der Waals surface area contributed by atoms with Crippen molar-refractivity contribution in [3.05, 3.63) is 53.1 Å². The molecule has 0 unspecified atom stereocenters. The summed E-state index contributed by atoms with van der Waals surface area (Å²) in [5.41, 5.74) is 0.880. The van der Waals surface area contributed by atoms with E-state index in [2.05, 4.69) is 0 Å². The van der Waals surface area contributed by atoms with Crippen LogP contribution >= 0.6 is 0 Å². The van der Waals surface area contributed by atoms with E-state index in [1.807, 2.05) is 19.0 Å². The van der Waals surface area contributed by atoms with Crippen LogP contribution in [-0.2, 0) is 9.59 Å². The van der Waals surface area contributed by atoms with E-state index >= 15 is 0 Å². The third-order valence-corrected chi connectivity index (χ3v) is 5.67. The molecule has 2 aromatic carbocycles. The third-order valence-electron chi connectivity index (χ3n) is 5.67. The number of likely N-dealkylation sites (N-methyl/N-ethyl adjacent to an activating group) is 1. The highest BCUT2D eigenvalue weighted by atomic mass is 16.5. The van der Waals surface area contributed by atoms with Crippen LogP contribution in [-0.4, -0.2) is 82.2 Å². The number of likely N-dealkylation sites (tertiary alicyclic amines) is 1. The van der Waals surface area contributed by atoms with Crippen LogP contribution in [0.4, 0.5) is 0 Å². The standard InChI is InChI=1S/C25H30N2O7/c1-26(2)10-11-27-21(16-13-18(32-4)24(34-6)19(14-16)33-5)20(23(29)25(27)30)22(28)15-8-7-9-17(12-15)31-3/h7-9,12-14,21,28H,10-11H2,1-6H3/b22-20+/t21-/m0/s1. The number of hydrogen-bond acceptors (Lipinski definition) is 8. The lowest BCUT2D eigenvalue weighted by atomic mass is 9.94. The first-order valence-electron chi connectivity index (χ1n) is 10.6. The molecule has 0 spiro atoms. The quantitative estimate of drug-likeness (QED) is 0.339. The van der Waals surface area contributed by atoms with Crippen LogP contribution in [0.15, 0.2) is 42.0 Å². The van der Waals surface area contributed by atoms with Crippen LogP contribution in [0, 0.1) is 0 Å². The highest BCUT2D eigenvalue weighted by molar-refractivity contribution is 6.46. The molecule has 1 amide bonds. The van der Waals surface area contributed by atoms with E-state index in [4.69, 9.17) is 18.9 Å². The number of benzene rings is 2. The van der Waals surface area contributed by atoms with E-state index in [-0.39, 0.29) is 17.9 Å². The molecule has 1 heterocycles. The fourth-order valence-corrected chi connectivity index (χ4v) is 3.95. The summed E-state index contributed by atoms with van der Waals surface area (Å²) in [4.78, 5) is 29.7. The Hall–Kier alpha value is -3.72. The van der Waals surface area contributed by atoms with Gasteiger partial charge in [-0.2, -0.15) is 0 Å². The summed E-state index contributed by atoms with van der Waals surface area (Å²) >= 11 is 0. The van der Waals surface area contributed by atoms with Gasteiger partial charge in [0.15, 0.2) is 11.5 Å². The van der Waals surface area contributed by atoms with E-state index in [0.717, 1.165) is 0 Å². The topological polar surface area (TPSA) is 97.8 Å². The van der Waals surface area contributed by atoms with Gasteiger partial charge in [0.05, 0.1) is 40.1 Å². The van der Waals surface area contributed by atoms with Crippen molar-refractivity contribution in [1.29, 1.82) is 0 Å². The van der Waals surface area contributed by atoms with E-state index < -0.39 is 17.7 Å². The number of aliphatic hydroxyl groups excluding tert-OH is 1. The molecule has 0 radical (unpaired) electrons. The second-order valence-corrected chi connectivity index (χ2v) is 7.99. The number of hydrogen-bond donors (Lipinski definition) is 1. The van der Waals surface area contributed by atoms with Gasteiger partial charge in [-0.1, -0.05) is 12.1 Å². The van der Waals surface area contributed by atoms with Crippen LogP contribution < -0.4 is 18.9 Å². The molecule has 0 bridgehead atoms. The van der Waals surface area contributed by atoms with E-state index in [1.165, 1.54) is 33.3 Å². The Morgan fingerprint density at radius 2 is 1.62 bits per heavy atom. The lowest BCUT2D eigenvalue weighted by Crippen LogP contribution is -2.35. The maximum absolute atomic E-state index is 13.2. The third kappa shape index (κ3) is 4.65. The maximum atomic E-state index is 13.2. The number of ketones is 1. The SMILES string of the molecule is COc1cccc(/C(O)=C2\C(=O)C(=O)N(CCN(C)C)[C@H]2c2cc(OC)c(OC)c(OC)c2)c1. The monoisotopic (exact) mass is 470 g/mol. The van der Waals surface area contributed by atoms with Crippen molar-refractivity contribution < 1.29 is 33.6 Å². The molecule has 0 aliphatic carbocycles. The Balaban J connectivity index is 2.26. The number of aliphatic hydroxyl groups is 1. The van der Waals surface area contributed by atoms with Gasteiger partial charge in [0.1, 0.15) is 11.5 Å². The Morgan fingerprint density at radius 1 is 0.971 bits per heavy atom. The lowest BCUT2D eigenvalue weighted by molar-refractivity contribution is -0.140. The Kier molecular flexibility index (Phi) is 7.68. The molecule has 0 saturated carbocycles. The first-order chi connectivity index (χ1) is 16.3. The van der Waals surface area contributed by atoms with Crippen LogP contribution in [0.2, 0.25) is 0 Å². The Labute approximate surface area is 199 Å². The highest BCUT2D eigenvalue weighted by Crippen LogP contribution is 2.45. The lowest BCUT2D eigenvalue weighted by Gasteiger charge is -2.27. The average Bonchev–Trinajstić information content (AvgIpc) is 3.10. The largest absolute Gasteiger partial charge is 0.507 e. The van der Waals surface area contributed by atoms with Gasteiger partial charge in [-0.15, -0.1) is 0 Å². The van der Waals surface area contributed by atoms with Crippen LogP contribution in [0.3, 0.4) is 0 Å². The van der Waals surface area contributed by atoms with Gasteiger partial charge in [0, 0.05) is 18.7 Å². The fraction of sp³-hybridized carbons (Fsp3) is 0.360. The van der Waals surface area contributed by atoms with Crippen molar-refractivity contribution >= 4 is 17.4 Å². The van der Waals surface area contributed by atoms with Crippen molar-refractivity contribution in [2.75, 3.05) is 55.6 Å². The van der Waals surface area contributed by atoms with Crippen LogP contribution in [0.1, 0.15) is 17.2 Å². The molecule has 1 atom stereocenters. The van der Waals surface area contributed by atoms with Crippen molar-refractivity contribution in [1.82, 2.24) is 9.80 Å². The molecule has 9 nitrogen and oxygen atoms in total. The van der Waals surface area contributed by atoms with Gasteiger partial charge >= 0.3 is 0 Å². The molecule has 34 heavy (non-hydrogen) atoms. The van der Waals surface area contributed by atoms with Gasteiger partial charge in [-0.05, 0) is 43.9 Å². The van der Waals surface area contributed by atoms with Crippen LogP contribution in [0.5, 0.6) is 23.0 Å². The first kappa shape index (κ1) is 24.9. The fourth-order valence-electron chi connectivity index (χ4n) is 3.95. The summed E-state index contributed by atoms with van der Waals surface area (Å²) in [6.45, 7) is 0.793. The number of Topliss-reactive ketones (excluding diaryl/α,β-unsaturated/α-hetero) is 1. The van der Waals surface area contributed by atoms with Crippen LogP contribution in [0.25, 0.3) is 5.76 Å². The van der Waals surface area contributed by atoms with Gasteiger partial charge < -0.3 is 33.9 Å².